The average molecular weight is 648 g/mol. The summed E-state index contributed by atoms with van der Waals surface area (Å²) < 4.78 is 6.38. The van der Waals surface area contributed by atoms with Gasteiger partial charge >= 0.3 is 6.03 Å². The molecule has 0 bridgehead atoms. The van der Waals surface area contributed by atoms with Gasteiger partial charge in [0.2, 0.25) is 5.91 Å². The Morgan fingerprint density at radius 1 is 1.11 bits per heavy atom. The summed E-state index contributed by atoms with van der Waals surface area (Å²) >= 11 is 8.46. The highest BCUT2D eigenvalue weighted by Crippen LogP contribution is 2.32. The fraction of sp³-hybridized carbons (Fsp3) is 0.250. The first-order valence-corrected chi connectivity index (χ1v) is 13.5. The number of carbonyl (C=O) groups excluding carboxylic acids is 3. The van der Waals surface area contributed by atoms with Crippen molar-refractivity contribution in [3.8, 4) is 5.75 Å². The van der Waals surface area contributed by atoms with Crippen molar-refractivity contribution < 1.29 is 24.2 Å². The predicted molar refractivity (Wildman–Crippen MR) is 153 cm³/mol. The van der Waals surface area contributed by atoms with Gasteiger partial charge in [-0.05, 0) is 71.0 Å². The van der Waals surface area contributed by atoms with Gasteiger partial charge in [0.25, 0.3) is 5.91 Å². The SMILES string of the molecule is CC(O)COc1ccc([C@H]2NC(=O)N([C@H](C(=O)Nc3ccc(I)cc3Cl)[C@@H](C)c3ccccc3)C2=O)cc1. The molecule has 0 radical (unpaired) electrons. The molecule has 4 atom stereocenters. The highest BCUT2D eigenvalue weighted by molar-refractivity contribution is 14.1. The molecular formula is C28H27ClIN3O5. The van der Waals surface area contributed by atoms with Crippen LogP contribution in [-0.2, 0) is 9.59 Å². The third kappa shape index (κ3) is 6.28. The molecule has 1 heterocycles. The van der Waals surface area contributed by atoms with Crippen molar-refractivity contribution >= 4 is 57.7 Å². The van der Waals surface area contributed by atoms with Crippen molar-refractivity contribution in [2.45, 2.75) is 38.0 Å². The molecule has 1 unspecified atom stereocenters. The van der Waals surface area contributed by atoms with E-state index in [1.165, 1.54) is 0 Å². The molecule has 0 aliphatic carbocycles. The lowest BCUT2D eigenvalue weighted by atomic mass is 9.91. The van der Waals surface area contributed by atoms with E-state index in [9.17, 15) is 19.5 Å². The van der Waals surface area contributed by atoms with Crippen LogP contribution in [0.25, 0.3) is 0 Å². The number of benzene rings is 3. The molecule has 1 saturated heterocycles. The van der Waals surface area contributed by atoms with Gasteiger partial charge in [0, 0.05) is 9.49 Å². The third-order valence-corrected chi connectivity index (χ3v) is 7.19. The Morgan fingerprint density at radius 2 is 1.79 bits per heavy atom. The quantitative estimate of drug-likeness (QED) is 0.221. The van der Waals surface area contributed by atoms with Crippen LogP contribution in [0.3, 0.4) is 0 Å². The molecule has 0 aromatic heterocycles. The molecule has 0 saturated carbocycles. The molecule has 0 spiro atoms. The zero-order valence-corrected chi connectivity index (χ0v) is 23.6. The van der Waals surface area contributed by atoms with Crippen LogP contribution in [0.5, 0.6) is 5.75 Å². The molecule has 198 valence electrons. The van der Waals surface area contributed by atoms with E-state index in [1.54, 1.807) is 56.3 Å². The number of halogens is 2. The van der Waals surface area contributed by atoms with Crippen molar-refractivity contribution in [1.29, 1.82) is 0 Å². The molecule has 4 amide bonds. The number of ether oxygens (including phenoxy) is 1. The lowest BCUT2D eigenvalue weighted by Crippen LogP contribution is -2.50. The van der Waals surface area contributed by atoms with E-state index >= 15 is 0 Å². The van der Waals surface area contributed by atoms with Crippen molar-refractivity contribution in [1.82, 2.24) is 10.2 Å². The van der Waals surface area contributed by atoms with E-state index < -0.39 is 42.0 Å². The Hall–Kier alpha value is -3.15. The van der Waals surface area contributed by atoms with E-state index in [0.717, 1.165) is 14.0 Å². The van der Waals surface area contributed by atoms with E-state index in [2.05, 4.69) is 33.2 Å². The van der Waals surface area contributed by atoms with Crippen LogP contribution >= 0.6 is 34.2 Å². The zero-order chi connectivity index (χ0) is 27.4. The topological polar surface area (TPSA) is 108 Å². The number of aliphatic hydroxyl groups excluding tert-OH is 1. The van der Waals surface area contributed by atoms with Gasteiger partial charge < -0.3 is 20.5 Å². The van der Waals surface area contributed by atoms with Gasteiger partial charge in [0.15, 0.2) is 0 Å². The largest absolute Gasteiger partial charge is 0.491 e. The lowest BCUT2D eigenvalue weighted by molar-refractivity contribution is -0.134. The van der Waals surface area contributed by atoms with Crippen LogP contribution in [0.15, 0.2) is 72.8 Å². The highest BCUT2D eigenvalue weighted by Gasteiger charge is 2.47. The number of hydrogen-bond acceptors (Lipinski definition) is 5. The molecule has 1 aliphatic rings. The summed E-state index contributed by atoms with van der Waals surface area (Å²) in [7, 11) is 0. The second-order valence-corrected chi connectivity index (χ2v) is 10.7. The van der Waals surface area contributed by atoms with Crippen molar-refractivity contribution in [2.75, 3.05) is 11.9 Å². The number of aliphatic hydroxyl groups is 1. The van der Waals surface area contributed by atoms with Crippen LogP contribution in [0.4, 0.5) is 10.5 Å². The molecule has 3 N–H and O–H groups in total. The normalized spacial score (nSPS) is 17.5. The fourth-order valence-corrected chi connectivity index (χ4v) is 5.16. The molecule has 10 heteroatoms. The summed E-state index contributed by atoms with van der Waals surface area (Å²) in [5, 5.41) is 15.3. The number of anilines is 1. The number of urea groups is 1. The van der Waals surface area contributed by atoms with Gasteiger partial charge in [0.05, 0.1) is 16.8 Å². The standard InChI is InChI=1S/C28H27ClIN3O5/c1-16(34)15-38-21-11-8-19(9-12-21)24-27(36)33(28(37)32-24)25(17(2)18-6-4-3-5-7-18)26(35)31-23-13-10-20(30)14-22(23)29/h3-14,16-17,24-25,34H,15H2,1-2H3,(H,31,35)(H,32,37)/t16?,17-,24+,25-/m0/s1. The van der Waals surface area contributed by atoms with Crippen molar-refractivity contribution in [3.63, 3.8) is 0 Å². The first-order chi connectivity index (χ1) is 18.2. The maximum absolute atomic E-state index is 13.7. The number of carbonyl (C=O) groups is 3. The Morgan fingerprint density at radius 3 is 2.42 bits per heavy atom. The minimum absolute atomic E-state index is 0.130. The van der Waals surface area contributed by atoms with Gasteiger partial charge in [0.1, 0.15) is 24.4 Å². The Kier molecular flexibility index (Phi) is 8.91. The maximum Gasteiger partial charge on any atom is 0.325 e. The summed E-state index contributed by atoms with van der Waals surface area (Å²) in [5.41, 5.74) is 1.73. The van der Waals surface area contributed by atoms with Gasteiger partial charge in [-0.25, -0.2) is 9.69 Å². The zero-order valence-electron chi connectivity index (χ0n) is 20.7. The lowest BCUT2D eigenvalue weighted by Gasteiger charge is -2.30. The maximum atomic E-state index is 13.7. The number of amides is 4. The molecular weight excluding hydrogens is 621 g/mol. The number of hydrogen-bond donors (Lipinski definition) is 3. The van der Waals surface area contributed by atoms with E-state index in [-0.39, 0.29) is 6.61 Å². The molecule has 1 fully saturated rings. The first-order valence-electron chi connectivity index (χ1n) is 12.0. The van der Waals surface area contributed by atoms with Crippen LogP contribution < -0.4 is 15.4 Å². The number of nitrogens with zero attached hydrogens (tertiary/aromatic N) is 1. The number of rotatable bonds is 9. The van der Waals surface area contributed by atoms with Gasteiger partial charge in [-0.15, -0.1) is 0 Å². The van der Waals surface area contributed by atoms with Gasteiger partial charge in [-0.3, -0.25) is 9.59 Å². The third-order valence-electron chi connectivity index (χ3n) is 6.21. The van der Waals surface area contributed by atoms with E-state index in [0.29, 0.717) is 22.0 Å². The number of imide groups is 1. The Balaban J connectivity index is 1.63. The minimum atomic E-state index is -1.14. The monoisotopic (exact) mass is 647 g/mol. The second-order valence-electron chi connectivity index (χ2n) is 9.08. The number of nitrogens with one attached hydrogen (secondary N) is 2. The minimum Gasteiger partial charge on any atom is -0.491 e. The van der Waals surface area contributed by atoms with Crippen molar-refractivity contribution in [3.05, 3.63) is 92.5 Å². The second kappa shape index (κ2) is 12.1. The molecule has 38 heavy (non-hydrogen) atoms. The average Bonchev–Trinajstić information content (AvgIpc) is 3.19. The van der Waals surface area contributed by atoms with Crippen LogP contribution in [0.1, 0.15) is 36.9 Å². The first kappa shape index (κ1) is 27.9. The molecule has 3 aromatic carbocycles. The molecule has 8 nitrogen and oxygen atoms in total. The summed E-state index contributed by atoms with van der Waals surface area (Å²) in [6.07, 6.45) is -0.622. The van der Waals surface area contributed by atoms with Crippen LogP contribution in [-0.4, -0.2) is 46.6 Å². The van der Waals surface area contributed by atoms with E-state index in [4.69, 9.17) is 16.3 Å². The van der Waals surface area contributed by atoms with Crippen molar-refractivity contribution in [2.24, 2.45) is 0 Å². The van der Waals surface area contributed by atoms with Gasteiger partial charge in [-0.2, -0.15) is 0 Å². The van der Waals surface area contributed by atoms with Crippen LogP contribution in [0, 0.1) is 3.57 Å². The Labute approximate surface area is 239 Å². The predicted octanol–water partition coefficient (Wildman–Crippen LogP) is 5.11. The van der Waals surface area contributed by atoms with Crippen LogP contribution in [0.2, 0.25) is 5.02 Å². The van der Waals surface area contributed by atoms with Gasteiger partial charge in [-0.1, -0.05) is 61.0 Å². The summed E-state index contributed by atoms with van der Waals surface area (Å²) in [6, 6.07) is 18.3. The molecule has 1 aliphatic heterocycles. The summed E-state index contributed by atoms with van der Waals surface area (Å²) in [5.74, 6) is -1.06. The summed E-state index contributed by atoms with van der Waals surface area (Å²) in [6.45, 7) is 3.55. The van der Waals surface area contributed by atoms with E-state index in [1.807, 2.05) is 30.3 Å². The molecule has 3 aromatic rings. The molecule has 4 rings (SSSR count). The smallest absolute Gasteiger partial charge is 0.325 e. The fourth-order valence-electron chi connectivity index (χ4n) is 4.26. The highest BCUT2D eigenvalue weighted by atomic mass is 127. The Bertz CT molecular complexity index is 1320. The summed E-state index contributed by atoms with van der Waals surface area (Å²) in [4.78, 5) is 41.5.